The smallest absolute Gasteiger partial charge is 0.170 e. The van der Waals surface area contributed by atoms with E-state index in [-0.39, 0.29) is 11.7 Å². The van der Waals surface area contributed by atoms with Crippen LogP contribution in [0.1, 0.15) is 25.3 Å². The molecule has 2 rings (SSSR count). The summed E-state index contributed by atoms with van der Waals surface area (Å²) >= 11 is 5.74. The number of pyridine rings is 1. The number of alkyl halides is 1. The summed E-state index contributed by atoms with van der Waals surface area (Å²) in [6.45, 7) is 5.41. The minimum absolute atomic E-state index is 0.184. The molecule has 0 unspecified atom stereocenters. The van der Waals surface area contributed by atoms with Crippen LogP contribution in [0.2, 0.25) is 0 Å². The van der Waals surface area contributed by atoms with Gasteiger partial charge in [0.05, 0.1) is 5.88 Å². The van der Waals surface area contributed by atoms with Crippen molar-refractivity contribution < 1.29 is 4.39 Å². The van der Waals surface area contributed by atoms with Crippen molar-refractivity contribution >= 4 is 17.4 Å². The highest BCUT2D eigenvalue weighted by molar-refractivity contribution is 6.17. The van der Waals surface area contributed by atoms with Gasteiger partial charge in [-0.3, -0.25) is 0 Å². The number of aromatic nitrogens is 1. The number of hydrogen-bond donors (Lipinski definition) is 0. The van der Waals surface area contributed by atoms with Crippen molar-refractivity contribution in [2.75, 3.05) is 31.6 Å². The van der Waals surface area contributed by atoms with Crippen LogP contribution in [0.4, 0.5) is 10.2 Å². The van der Waals surface area contributed by atoms with Gasteiger partial charge in [0.15, 0.2) is 11.6 Å². The van der Waals surface area contributed by atoms with Crippen LogP contribution in [-0.4, -0.2) is 42.6 Å². The second kappa shape index (κ2) is 6.53. The Labute approximate surface area is 119 Å². The molecule has 1 aromatic heterocycles. The Hall–Kier alpha value is -0.870. The van der Waals surface area contributed by atoms with Crippen LogP contribution in [0.5, 0.6) is 0 Å². The SMILES string of the molecule is CCN1CCC(N(C)c2nccc(CCl)c2F)CC1. The third kappa shape index (κ3) is 3.18. The van der Waals surface area contributed by atoms with Crippen molar-refractivity contribution in [1.82, 2.24) is 9.88 Å². The Bertz CT molecular complexity index is 419. The molecule has 0 aromatic carbocycles. The van der Waals surface area contributed by atoms with Crippen molar-refractivity contribution in [2.45, 2.75) is 31.7 Å². The molecule has 0 atom stereocenters. The maximum Gasteiger partial charge on any atom is 0.170 e. The summed E-state index contributed by atoms with van der Waals surface area (Å²) in [6, 6.07) is 2.00. The molecule has 0 spiro atoms. The molecule has 1 saturated heterocycles. The first-order valence-corrected chi connectivity index (χ1v) is 7.35. The highest BCUT2D eigenvalue weighted by Gasteiger charge is 2.24. The van der Waals surface area contributed by atoms with E-state index in [0.29, 0.717) is 17.4 Å². The zero-order valence-electron chi connectivity index (χ0n) is 11.6. The van der Waals surface area contributed by atoms with E-state index in [4.69, 9.17) is 11.6 Å². The van der Waals surface area contributed by atoms with Gasteiger partial charge in [0.1, 0.15) is 0 Å². The first-order valence-electron chi connectivity index (χ1n) is 6.81. The van der Waals surface area contributed by atoms with Crippen molar-refractivity contribution in [3.63, 3.8) is 0 Å². The fourth-order valence-electron chi connectivity index (χ4n) is 2.62. The molecular formula is C14H21ClFN3. The fraction of sp³-hybridized carbons (Fsp3) is 0.643. The third-order valence-corrected chi connectivity index (χ3v) is 4.27. The Morgan fingerprint density at radius 3 is 2.74 bits per heavy atom. The van der Waals surface area contributed by atoms with Crippen molar-refractivity contribution in [3.8, 4) is 0 Å². The van der Waals surface area contributed by atoms with Gasteiger partial charge >= 0.3 is 0 Å². The number of piperidine rings is 1. The number of rotatable bonds is 4. The molecule has 0 aliphatic carbocycles. The second-order valence-corrected chi connectivity index (χ2v) is 5.28. The van der Waals surface area contributed by atoms with Gasteiger partial charge in [0, 0.05) is 37.9 Å². The lowest BCUT2D eigenvalue weighted by Gasteiger charge is -2.37. The van der Waals surface area contributed by atoms with Crippen LogP contribution in [0, 0.1) is 5.82 Å². The quantitative estimate of drug-likeness (QED) is 0.793. The summed E-state index contributed by atoms with van der Waals surface area (Å²) in [6.07, 6.45) is 3.74. The normalized spacial score (nSPS) is 17.7. The minimum Gasteiger partial charge on any atom is -0.354 e. The predicted octanol–water partition coefficient (Wildman–Crippen LogP) is 2.88. The lowest BCUT2D eigenvalue weighted by molar-refractivity contribution is 0.220. The van der Waals surface area contributed by atoms with Gasteiger partial charge in [0.25, 0.3) is 0 Å². The number of halogens is 2. The average Bonchev–Trinajstić information content (AvgIpc) is 2.47. The maximum absolute atomic E-state index is 14.2. The number of hydrogen-bond acceptors (Lipinski definition) is 3. The van der Waals surface area contributed by atoms with Crippen LogP contribution in [0.3, 0.4) is 0 Å². The molecule has 106 valence electrons. The Morgan fingerprint density at radius 2 is 2.16 bits per heavy atom. The van der Waals surface area contributed by atoms with Gasteiger partial charge in [-0.15, -0.1) is 11.6 Å². The van der Waals surface area contributed by atoms with Crippen LogP contribution >= 0.6 is 11.6 Å². The number of anilines is 1. The molecule has 2 heterocycles. The van der Waals surface area contributed by atoms with Crippen molar-refractivity contribution in [2.24, 2.45) is 0 Å². The highest BCUT2D eigenvalue weighted by atomic mass is 35.5. The van der Waals surface area contributed by atoms with Crippen LogP contribution in [-0.2, 0) is 5.88 Å². The van der Waals surface area contributed by atoms with Gasteiger partial charge in [0.2, 0.25) is 0 Å². The van der Waals surface area contributed by atoms with E-state index in [0.717, 1.165) is 32.5 Å². The number of likely N-dealkylation sites (tertiary alicyclic amines) is 1. The largest absolute Gasteiger partial charge is 0.354 e. The van der Waals surface area contributed by atoms with Gasteiger partial charge in [-0.2, -0.15) is 0 Å². The van der Waals surface area contributed by atoms with Gasteiger partial charge in [-0.25, -0.2) is 9.37 Å². The van der Waals surface area contributed by atoms with Gasteiger partial charge in [-0.1, -0.05) is 6.92 Å². The molecule has 0 N–H and O–H groups in total. The fourth-order valence-corrected chi connectivity index (χ4v) is 2.82. The van der Waals surface area contributed by atoms with Gasteiger partial charge < -0.3 is 9.80 Å². The van der Waals surface area contributed by atoms with Crippen molar-refractivity contribution in [3.05, 3.63) is 23.6 Å². The summed E-state index contributed by atoms with van der Waals surface area (Å²) < 4.78 is 14.2. The summed E-state index contributed by atoms with van der Waals surface area (Å²) in [4.78, 5) is 8.57. The van der Waals surface area contributed by atoms with E-state index in [1.807, 2.05) is 11.9 Å². The van der Waals surface area contributed by atoms with E-state index in [2.05, 4.69) is 16.8 Å². The summed E-state index contributed by atoms with van der Waals surface area (Å²) in [5.41, 5.74) is 0.518. The average molecular weight is 286 g/mol. The molecule has 1 fully saturated rings. The predicted molar refractivity (Wildman–Crippen MR) is 77.3 cm³/mol. The second-order valence-electron chi connectivity index (χ2n) is 5.02. The van der Waals surface area contributed by atoms with E-state index >= 15 is 0 Å². The van der Waals surface area contributed by atoms with Gasteiger partial charge in [-0.05, 0) is 25.5 Å². The van der Waals surface area contributed by atoms with Crippen molar-refractivity contribution in [1.29, 1.82) is 0 Å². The first kappa shape index (κ1) is 14.5. The van der Waals surface area contributed by atoms with Crippen LogP contribution in [0.15, 0.2) is 12.3 Å². The molecule has 1 aliphatic rings. The van der Waals surface area contributed by atoms with E-state index in [9.17, 15) is 4.39 Å². The molecule has 0 radical (unpaired) electrons. The zero-order valence-corrected chi connectivity index (χ0v) is 12.3. The standard InChI is InChI=1S/C14H21ClFN3/c1-3-19-8-5-12(6-9-19)18(2)14-13(16)11(10-15)4-7-17-14/h4,7,12H,3,5-6,8-10H2,1-2H3. The third-order valence-electron chi connectivity index (χ3n) is 3.98. The Morgan fingerprint density at radius 1 is 1.47 bits per heavy atom. The Kier molecular flexibility index (Phi) is 4.99. The molecule has 5 heteroatoms. The molecule has 0 saturated carbocycles. The molecule has 1 aromatic rings. The number of nitrogens with zero attached hydrogens (tertiary/aromatic N) is 3. The zero-order chi connectivity index (χ0) is 13.8. The molecular weight excluding hydrogens is 265 g/mol. The maximum atomic E-state index is 14.2. The molecule has 1 aliphatic heterocycles. The lowest BCUT2D eigenvalue weighted by Crippen LogP contribution is -2.43. The summed E-state index contributed by atoms with van der Waals surface area (Å²) in [5, 5.41) is 0. The Balaban J connectivity index is 2.10. The minimum atomic E-state index is -0.280. The first-order chi connectivity index (χ1) is 9.17. The lowest BCUT2D eigenvalue weighted by atomic mass is 10.0. The highest BCUT2D eigenvalue weighted by Crippen LogP contribution is 2.25. The summed E-state index contributed by atoms with van der Waals surface area (Å²) in [7, 11) is 1.93. The van der Waals surface area contributed by atoms with Crippen LogP contribution < -0.4 is 4.90 Å². The van der Waals surface area contributed by atoms with E-state index in [1.165, 1.54) is 0 Å². The molecule has 0 bridgehead atoms. The van der Waals surface area contributed by atoms with E-state index < -0.39 is 0 Å². The monoisotopic (exact) mass is 285 g/mol. The summed E-state index contributed by atoms with van der Waals surface area (Å²) in [5.74, 6) is 0.328. The molecule has 19 heavy (non-hydrogen) atoms. The van der Waals surface area contributed by atoms with E-state index in [1.54, 1.807) is 12.3 Å². The van der Waals surface area contributed by atoms with Crippen LogP contribution in [0.25, 0.3) is 0 Å². The topological polar surface area (TPSA) is 19.4 Å². The molecule has 0 amide bonds. The molecule has 3 nitrogen and oxygen atoms in total.